The van der Waals surface area contributed by atoms with Crippen molar-refractivity contribution in [3.05, 3.63) is 38.6 Å². The van der Waals surface area contributed by atoms with Crippen LogP contribution in [0.25, 0.3) is 11.3 Å². The van der Waals surface area contributed by atoms with Crippen LogP contribution in [-0.2, 0) is 0 Å². The predicted octanol–water partition coefficient (Wildman–Crippen LogP) is 3.42. The van der Waals surface area contributed by atoms with Crippen LogP contribution in [0.1, 0.15) is 5.01 Å². The molecule has 0 bridgehead atoms. The van der Waals surface area contributed by atoms with Gasteiger partial charge in [0, 0.05) is 10.9 Å². The average molecular weight is 288 g/mol. The van der Waals surface area contributed by atoms with Crippen molar-refractivity contribution in [3.8, 4) is 11.3 Å². The number of nitrogens with zero attached hydrogens (tertiary/aromatic N) is 1. The molecule has 3 N–H and O–H groups in total. The van der Waals surface area contributed by atoms with Gasteiger partial charge in [0.2, 0.25) is 0 Å². The van der Waals surface area contributed by atoms with Crippen LogP contribution in [0.15, 0.2) is 23.6 Å². The highest BCUT2D eigenvalue weighted by Gasteiger charge is 2.12. The van der Waals surface area contributed by atoms with Gasteiger partial charge in [0.25, 0.3) is 0 Å². The predicted molar refractivity (Wildman–Crippen MR) is 69.3 cm³/mol. The molecule has 0 spiro atoms. The Labute approximate surface area is 111 Å². The molecule has 0 amide bonds. The molecule has 1 aromatic carbocycles. The summed E-state index contributed by atoms with van der Waals surface area (Å²) < 4.78 is 0. The highest BCUT2D eigenvalue weighted by atomic mass is 35.5. The van der Waals surface area contributed by atoms with Crippen molar-refractivity contribution in [2.45, 2.75) is 0 Å². The third kappa shape index (κ3) is 2.42. The van der Waals surface area contributed by atoms with E-state index >= 15 is 0 Å². The van der Waals surface area contributed by atoms with E-state index in [0.717, 1.165) is 0 Å². The standard InChI is InChI=1S/C10H7Cl2N3OS/c11-6-3-1-2-5(8(6)12)7-4-17-10(14-7)9(13)15-16/h1-4,16H,(H2,13,15). The molecule has 7 heteroatoms. The number of halogens is 2. The highest BCUT2D eigenvalue weighted by molar-refractivity contribution is 7.12. The van der Waals surface area contributed by atoms with Gasteiger partial charge in [-0.3, -0.25) is 16.1 Å². The quantitative estimate of drug-likeness (QED) is 0.450. The summed E-state index contributed by atoms with van der Waals surface area (Å²) in [7, 11) is 0. The largest absolute Gasteiger partial charge is 0.290 e. The van der Waals surface area contributed by atoms with Gasteiger partial charge < -0.3 is 0 Å². The van der Waals surface area contributed by atoms with Gasteiger partial charge in [-0.1, -0.05) is 35.3 Å². The first-order chi connectivity index (χ1) is 8.13. The normalized spacial score (nSPS) is 10.3. The summed E-state index contributed by atoms with van der Waals surface area (Å²) in [5.41, 5.74) is 3.07. The van der Waals surface area contributed by atoms with Crippen LogP contribution in [0, 0.1) is 5.41 Å². The van der Waals surface area contributed by atoms with Crippen molar-refractivity contribution in [1.82, 2.24) is 10.5 Å². The minimum Gasteiger partial charge on any atom is -0.290 e. The fraction of sp³-hybridized carbons (Fsp3) is 0. The van der Waals surface area contributed by atoms with Gasteiger partial charge in [0.05, 0.1) is 15.7 Å². The van der Waals surface area contributed by atoms with Crippen molar-refractivity contribution >= 4 is 40.4 Å². The lowest BCUT2D eigenvalue weighted by molar-refractivity contribution is 0.234. The Kier molecular flexibility index (Phi) is 3.63. The number of benzene rings is 1. The minimum absolute atomic E-state index is 0.153. The number of hydroxylamine groups is 1. The maximum absolute atomic E-state index is 8.61. The summed E-state index contributed by atoms with van der Waals surface area (Å²) in [5.74, 6) is -0.153. The van der Waals surface area contributed by atoms with Gasteiger partial charge in [-0.25, -0.2) is 4.98 Å². The summed E-state index contributed by atoms with van der Waals surface area (Å²) in [6, 6.07) is 5.26. The molecule has 17 heavy (non-hydrogen) atoms. The molecule has 1 heterocycles. The van der Waals surface area contributed by atoms with Gasteiger partial charge >= 0.3 is 0 Å². The lowest BCUT2D eigenvalue weighted by Gasteiger charge is -2.02. The second-order valence-electron chi connectivity index (χ2n) is 3.13. The number of rotatable bonds is 2. The van der Waals surface area contributed by atoms with Gasteiger partial charge in [-0.2, -0.15) is 0 Å². The van der Waals surface area contributed by atoms with Gasteiger partial charge in [-0.15, -0.1) is 11.3 Å². The van der Waals surface area contributed by atoms with E-state index in [-0.39, 0.29) is 5.84 Å². The van der Waals surface area contributed by atoms with E-state index in [0.29, 0.717) is 26.3 Å². The van der Waals surface area contributed by atoms with E-state index in [1.165, 1.54) is 11.3 Å². The molecule has 0 unspecified atom stereocenters. The molecule has 0 saturated carbocycles. The van der Waals surface area contributed by atoms with Gasteiger partial charge in [-0.05, 0) is 6.07 Å². The smallest absolute Gasteiger partial charge is 0.178 e. The van der Waals surface area contributed by atoms with E-state index in [2.05, 4.69) is 4.98 Å². The van der Waals surface area contributed by atoms with Crippen LogP contribution in [0.3, 0.4) is 0 Å². The minimum atomic E-state index is -0.153. The molecule has 0 aliphatic carbocycles. The first-order valence-electron chi connectivity index (χ1n) is 4.52. The van der Waals surface area contributed by atoms with Crippen LogP contribution >= 0.6 is 34.5 Å². The SMILES string of the molecule is N=C(NO)c1nc(-c2cccc(Cl)c2Cl)cs1. The zero-order chi connectivity index (χ0) is 12.4. The molecular formula is C10H7Cl2N3OS. The molecule has 0 saturated heterocycles. The number of aromatic nitrogens is 1. The summed E-state index contributed by atoms with van der Waals surface area (Å²) in [4.78, 5) is 4.18. The van der Waals surface area contributed by atoms with E-state index in [9.17, 15) is 0 Å². The molecule has 0 aliphatic heterocycles. The van der Waals surface area contributed by atoms with Crippen LogP contribution in [0.5, 0.6) is 0 Å². The Morgan fingerprint density at radius 1 is 1.41 bits per heavy atom. The maximum Gasteiger partial charge on any atom is 0.178 e. The highest BCUT2D eigenvalue weighted by Crippen LogP contribution is 2.33. The monoisotopic (exact) mass is 287 g/mol. The van der Waals surface area contributed by atoms with Gasteiger partial charge in [0.15, 0.2) is 10.8 Å². The molecule has 1 aromatic heterocycles. The van der Waals surface area contributed by atoms with Crippen molar-refractivity contribution in [2.75, 3.05) is 0 Å². The van der Waals surface area contributed by atoms with Gasteiger partial charge in [0.1, 0.15) is 0 Å². The van der Waals surface area contributed by atoms with Crippen LogP contribution in [0.2, 0.25) is 10.0 Å². The lowest BCUT2D eigenvalue weighted by atomic mass is 10.2. The van der Waals surface area contributed by atoms with Crippen LogP contribution in [-0.4, -0.2) is 16.0 Å². The number of nitrogens with one attached hydrogen (secondary N) is 2. The molecule has 0 fully saturated rings. The molecule has 0 radical (unpaired) electrons. The van der Waals surface area contributed by atoms with Crippen molar-refractivity contribution in [3.63, 3.8) is 0 Å². The number of thiazole rings is 1. The zero-order valence-electron chi connectivity index (χ0n) is 8.37. The molecule has 0 atom stereocenters. The Hall–Kier alpha value is -1.14. The van der Waals surface area contributed by atoms with E-state index in [4.69, 9.17) is 33.8 Å². The summed E-state index contributed by atoms with van der Waals surface area (Å²) in [6.45, 7) is 0. The molecule has 88 valence electrons. The Balaban J connectivity index is 2.44. The maximum atomic E-state index is 8.61. The van der Waals surface area contributed by atoms with E-state index < -0.39 is 0 Å². The summed E-state index contributed by atoms with van der Waals surface area (Å²) in [5, 5.41) is 19.0. The third-order valence-electron chi connectivity index (χ3n) is 2.06. The number of hydrogen-bond donors (Lipinski definition) is 3. The van der Waals surface area contributed by atoms with Crippen molar-refractivity contribution in [1.29, 1.82) is 5.41 Å². The second kappa shape index (κ2) is 5.01. The Morgan fingerprint density at radius 3 is 2.88 bits per heavy atom. The van der Waals surface area contributed by atoms with Crippen LogP contribution < -0.4 is 5.48 Å². The number of hydrogen-bond acceptors (Lipinski definition) is 4. The topological polar surface area (TPSA) is 69.0 Å². The zero-order valence-corrected chi connectivity index (χ0v) is 10.7. The lowest BCUT2D eigenvalue weighted by Crippen LogP contribution is -2.18. The fourth-order valence-corrected chi connectivity index (χ4v) is 2.38. The molecular weight excluding hydrogens is 281 g/mol. The Bertz CT molecular complexity index is 570. The number of amidine groups is 1. The Morgan fingerprint density at radius 2 is 2.18 bits per heavy atom. The average Bonchev–Trinajstić information content (AvgIpc) is 2.81. The van der Waals surface area contributed by atoms with E-state index in [1.54, 1.807) is 29.1 Å². The third-order valence-corrected chi connectivity index (χ3v) is 3.74. The summed E-state index contributed by atoms with van der Waals surface area (Å²) in [6.07, 6.45) is 0. The molecule has 4 nitrogen and oxygen atoms in total. The first-order valence-corrected chi connectivity index (χ1v) is 6.16. The van der Waals surface area contributed by atoms with Crippen molar-refractivity contribution < 1.29 is 5.21 Å². The molecule has 2 rings (SSSR count). The fourth-order valence-electron chi connectivity index (χ4n) is 1.26. The van der Waals surface area contributed by atoms with E-state index in [1.807, 2.05) is 0 Å². The molecule has 2 aromatic rings. The first kappa shape index (κ1) is 12.3. The van der Waals surface area contributed by atoms with Crippen LogP contribution in [0.4, 0.5) is 0 Å². The molecule has 0 aliphatic rings. The van der Waals surface area contributed by atoms with Crippen molar-refractivity contribution in [2.24, 2.45) is 0 Å². The summed E-state index contributed by atoms with van der Waals surface area (Å²) >= 11 is 13.2. The second-order valence-corrected chi connectivity index (χ2v) is 4.77.